The number of carboxylic acid groups (broad SMARTS) is 1. The van der Waals surface area contributed by atoms with E-state index in [4.69, 9.17) is 14.6 Å². The van der Waals surface area contributed by atoms with Crippen molar-refractivity contribution < 1.29 is 24.2 Å². The molecule has 7 atom stereocenters. The number of fused-ring (bicyclic) bond motifs is 3. The van der Waals surface area contributed by atoms with Crippen molar-refractivity contribution in [1.82, 2.24) is 15.0 Å². The van der Waals surface area contributed by atoms with Crippen LogP contribution in [0.15, 0.2) is 30.5 Å². The van der Waals surface area contributed by atoms with Gasteiger partial charge in [-0.3, -0.25) is 4.79 Å². The van der Waals surface area contributed by atoms with Crippen LogP contribution in [0.1, 0.15) is 108 Å². The average molecular weight is 550 g/mol. The molecule has 1 aromatic heterocycles. The molecule has 1 heterocycles. The zero-order valence-electron chi connectivity index (χ0n) is 24.3. The Bertz CT molecular complexity index is 1290. The van der Waals surface area contributed by atoms with E-state index in [1.54, 1.807) is 24.3 Å². The molecule has 216 valence electrons. The van der Waals surface area contributed by atoms with E-state index in [9.17, 15) is 9.59 Å². The van der Waals surface area contributed by atoms with Gasteiger partial charge >= 0.3 is 11.9 Å². The van der Waals surface area contributed by atoms with Gasteiger partial charge in [-0.1, -0.05) is 25.5 Å². The van der Waals surface area contributed by atoms with Crippen molar-refractivity contribution in [3.05, 3.63) is 41.7 Å². The van der Waals surface area contributed by atoms with E-state index in [0.717, 1.165) is 31.4 Å². The maximum absolute atomic E-state index is 13.2. The van der Waals surface area contributed by atoms with Crippen LogP contribution in [-0.4, -0.2) is 38.6 Å². The third-order valence-electron chi connectivity index (χ3n) is 11.7. The van der Waals surface area contributed by atoms with E-state index < -0.39 is 5.97 Å². The van der Waals surface area contributed by atoms with E-state index in [2.05, 4.69) is 35.8 Å². The lowest BCUT2D eigenvalue weighted by Gasteiger charge is -2.64. The summed E-state index contributed by atoms with van der Waals surface area (Å²) < 4.78 is 13.6. The Morgan fingerprint density at radius 1 is 1.05 bits per heavy atom. The maximum atomic E-state index is 13.2. The number of esters is 1. The number of rotatable bonds is 7. The standard InChI is InChI=1S/C32H43N3O5/c1-5-39-28(38)31(4)14-6-13-30(3)24(31)12-16-32-17-26(29(2,20-32)15-11-25(30)32)35-18-22(33-34-35)19-40-23-9-7-21(8-10-23)27(36)37/h7-10,18,24-26H,5-6,11-17,19-20H2,1-4H3,(H,36,37)/t24-,25-,26-,29-,30+,31+,32-/m0/s1. The van der Waals surface area contributed by atoms with Gasteiger partial charge in [0.1, 0.15) is 18.1 Å². The highest BCUT2D eigenvalue weighted by Gasteiger charge is 2.68. The van der Waals surface area contributed by atoms with Gasteiger partial charge in [-0.2, -0.15) is 0 Å². The summed E-state index contributed by atoms with van der Waals surface area (Å²) in [6.07, 6.45) is 12.3. The molecule has 0 unspecified atom stereocenters. The fourth-order valence-corrected chi connectivity index (χ4v) is 10.1. The van der Waals surface area contributed by atoms with Gasteiger partial charge in [-0.15, -0.1) is 5.10 Å². The number of aromatic carboxylic acids is 1. The molecule has 4 fully saturated rings. The molecule has 40 heavy (non-hydrogen) atoms. The second kappa shape index (κ2) is 9.59. The van der Waals surface area contributed by atoms with Crippen molar-refractivity contribution in [2.75, 3.05) is 6.61 Å². The Hall–Kier alpha value is -2.90. The van der Waals surface area contributed by atoms with E-state index in [-0.39, 0.29) is 39.8 Å². The number of aromatic nitrogens is 3. The molecule has 1 spiro atoms. The van der Waals surface area contributed by atoms with Crippen LogP contribution in [0, 0.1) is 33.5 Å². The Morgan fingerprint density at radius 2 is 1.80 bits per heavy atom. The van der Waals surface area contributed by atoms with Crippen LogP contribution in [0.25, 0.3) is 0 Å². The first kappa shape index (κ1) is 27.3. The lowest BCUT2D eigenvalue weighted by molar-refractivity contribution is -0.187. The third-order valence-corrected chi connectivity index (χ3v) is 11.7. The predicted molar refractivity (Wildman–Crippen MR) is 149 cm³/mol. The van der Waals surface area contributed by atoms with Gasteiger partial charge < -0.3 is 14.6 Å². The van der Waals surface area contributed by atoms with Crippen molar-refractivity contribution in [2.24, 2.45) is 33.5 Å². The number of hydrogen-bond acceptors (Lipinski definition) is 6. The smallest absolute Gasteiger partial charge is 0.335 e. The summed E-state index contributed by atoms with van der Waals surface area (Å²) in [4.78, 5) is 24.3. The van der Waals surface area contributed by atoms with Crippen LogP contribution in [0.5, 0.6) is 5.75 Å². The molecule has 0 radical (unpaired) electrons. The van der Waals surface area contributed by atoms with E-state index in [1.165, 1.54) is 32.1 Å². The molecular weight excluding hydrogens is 506 g/mol. The summed E-state index contributed by atoms with van der Waals surface area (Å²) in [6, 6.07) is 6.72. The summed E-state index contributed by atoms with van der Waals surface area (Å²) in [5.74, 6) is 0.669. The van der Waals surface area contributed by atoms with Crippen molar-refractivity contribution >= 4 is 11.9 Å². The van der Waals surface area contributed by atoms with Gasteiger partial charge in [0.15, 0.2) is 0 Å². The van der Waals surface area contributed by atoms with Crippen molar-refractivity contribution in [1.29, 1.82) is 0 Å². The molecule has 0 aliphatic heterocycles. The molecule has 6 rings (SSSR count). The lowest BCUT2D eigenvalue weighted by atomic mass is 9.40. The van der Waals surface area contributed by atoms with Crippen LogP contribution in [-0.2, 0) is 16.1 Å². The van der Waals surface area contributed by atoms with Gasteiger partial charge in [0.2, 0.25) is 0 Å². The molecular formula is C32H43N3O5. The average Bonchev–Trinajstić information content (AvgIpc) is 3.47. The van der Waals surface area contributed by atoms with E-state index in [1.807, 2.05) is 13.1 Å². The second-order valence-electron chi connectivity index (χ2n) is 13.9. The first-order valence-electron chi connectivity index (χ1n) is 15.1. The maximum Gasteiger partial charge on any atom is 0.335 e. The molecule has 4 aliphatic carbocycles. The zero-order chi connectivity index (χ0) is 28.3. The van der Waals surface area contributed by atoms with Gasteiger partial charge in [0.05, 0.1) is 29.8 Å². The van der Waals surface area contributed by atoms with E-state index >= 15 is 0 Å². The fourth-order valence-electron chi connectivity index (χ4n) is 10.1. The molecule has 1 N–H and O–H groups in total. The number of carbonyl (C=O) groups is 2. The molecule has 4 saturated carbocycles. The Balaban J connectivity index is 1.20. The van der Waals surface area contributed by atoms with Gasteiger partial charge in [0, 0.05) is 0 Å². The minimum atomic E-state index is -0.953. The Morgan fingerprint density at radius 3 is 2.52 bits per heavy atom. The topological polar surface area (TPSA) is 104 Å². The van der Waals surface area contributed by atoms with Gasteiger partial charge in [-0.25, -0.2) is 9.48 Å². The largest absolute Gasteiger partial charge is 0.487 e. The summed E-state index contributed by atoms with van der Waals surface area (Å²) in [6.45, 7) is 9.80. The van der Waals surface area contributed by atoms with Crippen molar-refractivity contribution in [3.63, 3.8) is 0 Å². The number of ether oxygens (including phenoxy) is 2. The molecule has 0 saturated heterocycles. The van der Waals surface area contributed by atoms with Gasteiger partial charge in [0.25, 0.3) is 0 Å². The first-order valence-corrected chi connectivity index (χ1v) is 15.1. The van der Waals surface area contributed by atoms with Gasteiger partial charge in [-0.05, 0) is 118 Å². The summed E-state index contributed by atoms with van der Waals surface area (Å²) in [5, 5.41) is 18.2. The number of hydrogen-bond donors (Lipinski definition) is 1. The van der Waals surface area contributed by atoms with E-state index in [0.29, 0.717) is 30.2 Å². The minimum Gasteiger partial charge on any atom is -0.487 e. The molecule has 4 aliphatic rings. The second-order valence-corrected chi connectivity index (χ2v) is 13.9. The SMILES string of the molecule is CCOC(=O)[C@]1(C)CCC[C@@]2(C)[C@@H]3CC[C@@]4(C)C[C@]3(CC[C@@H]21)C[C@@H]4n1cc(COc2ccc(C(=O)O)cc2)nn1. The molecule has 0 amide bonds. The highest BCUT2D eigenvalue weighted by molar-refractivity contribution is 5.87. The fraction of sp³-hybridized carbons (Fsp3) is 0.688. The zero-order valence-corrected chi connectivity index (χ0v) is 24.3. The van der Waals surface area contributed by atoms with Crippen LogP contribution < -0.4 is 4.74 Å². The summed E-state index contributed by atoms with van der Waals surface area (Å²) in [7, 11) is 0. The quantitative estimate of drug-likeness (QED) is 0.395. The number of carboxylic acids is 1. The molecule has 8 heteroatoms. The van der Waals surface area contributed by atoms with Crippen LogP contribution in [0.3, 0.4) is 0 Å². The molecule has 8 nitrogen and oxygen atoms in total. The lowest BCUT2D eigenvalue weighted by Crippen LogP contribution is -2.58. The van der Waals surface area contributed by atoms with Crippen LogP contribution in [0.2, 0.25) is 0 Å². The van der Waals surface area contributed by atoms with Crippen LogP contribution in [0.4, 0.5) is 0 Å². The Kier molecular flexibility index (Phi) is 6.54. The summed E-state index contributed by atoms with van der Waals surface area (Å²) in [5.41, 5.74) is 1.25. The molecule has 2 aromatic rings. The predicted octanol–water partition coefficient (Wildman–Crippen LogP) is 6.46. The molecule has 1 aromatic carbocycles. The van der Waals surface area contributed by atoms with Crippen molar-refractivity contribution in [3.8, 4) is 5.75 Å². The number of carbonyl (C=O) groups excluding carboxylic acids is 1. The highest BCUT2D eigenvalue weighted by atomic mass is 16.5. The number of benzene rings is 1. The monoisotopic (exact) mass is 549 g/mol. The number of nitrogens with zero attached hydrogens (tertiary/aromatic N) is 3. The normalized spacial score (nSPS) is 38.2. The summed E-state index contributed by atoms with van der Waals surface area (Å²) >= 11 is 0. The minimum absolute atomic E-state index is 0.0158. The first-order chi connectivity index (χ1) is 19.0. The Labute approximate surface area is 236 Å². The molecule has 2 bridgehead atoms. The van der Waals surface area contributed by atoms with Crippen molar-refractivity contribution in [2.45, 2.75) is 98.1 Å². The van der Waals surface area contributed by atoms with Crippen LogP contribution >= 0.6 is 0 Å². The third kappa shape index (κ3) is 4.16. The highest BCUT2D eigenvalue weighted by Crippen LogP contribution is 2.75.